The summed E-state index contributed by atoms with van der Waals surface area (Å²) < 4.78 is 0. The van der Waals surface area contributed by atoms with Gasteiger partial charge in [-0.2, -0.15) is 0 Å². The Bertz CT molecular complexity index is 456. The molecule has 0 bridgehead atoms. The summed E-state index contributed by atoms with van der Waals surface area (Å²) in [7, 11) is 0. The lowest BCUT2D eigenvalue weighted by molar-refractivity contribution is -0.130. The van der Waals surface area contributed by atoms with Crippen LogP contribution in [-0.2, 0) is 11.2 Å². The van der Waals surface area contributed by atoms with Crippen LogP contribution in [0, 0.1) is 13.8 Å². The van der Waals surface area contributed by atoms with Crippen LogP contribution in [0.3, 0.4) is 0 Å². The van der Waals surface area contributed by atoms with E-state index in [1.54, 1.807) is 0 Å². The summed E-state index contributed by atoms with van der Waals surface area (Å²) in [6.07, 6.45) is 3.62. The molecule has 1 aromatic carbocycles. The lowest BCUT2D eigenvalue weighted by atomic mass is 9.85. The van der Waals surface area contributed by atoms with Crippen molar-refractivity contribution in [2.24, 2.45) is 0 Å². The van der Waals surface area contributed by atoms with Crippen LogP contribution in [0.4, 0.5) is 0 Å². The van der Waals surface area contributed by atoms with Crippen molar-refractivity contribution >= 4 is 11.5 Å². The van der Waals surface area contributed by atoms with E-state index in [4.69, 9.17) is 5.11 Å². The van der Waals surface area contributed by atoms with E-state index in [9.17, 15) is 4.79 Å². The maximum Gasteiger partial charge on any atom is 0.335 e. The smallest absolute Gasteiger partial charge is 0.335 e. The second-order valence-electron chi connectivity index (χ2n) is 4.01. The Kier molecular flexibility index (Phi) is 2.35. The van der Waals surface area contributed by atoms with Crippen LogP contribution < -0.4 is 0 Å². The molecule has 1 N–H and O–H groups in total. The molecule has 2 nitrogen and oxygen atoms in total. The average molecular weight is 202 g/mol. The first-order chi connectivity index (χ1) is 7.11. The standard InChI is InChI=1S/C13H14O2/c1-8-6-7-9(2)12-10(8)4-3-5-11(12)13(14)15/h5-7H,3-4H2,1-2H3,(H,14,15). The predicted molar refractivity (Wildman–Crippen MR) is 59.8 cm³/mol. The van der Waals surface area contributed by atoms with E-state index in [1.807, 2.05) is 26.0 Å². The molecule has 2 rings (SSSR count). The van der Waals surface area contributed by atoms with Crippen LogP contribution in [0.1, 0.15) is 28.7 Å². The normalized spacial score (nSPS) is 14.4. The van der Waals surface area contributed by atoms with Crippen molar-refractivity contribution in [2.45, 2.75) is 26.7 Å². The summed E-state index contributed by atoms with van der Waals surface area (Å²) in [5, 5.41) is 9.13. The lowest BCUT2D eigenvalue weighted by Crippen LogP contribution is -2.10. The molecule has 0 atom stereocenters. The number of aliphatic carboxylic acids is 1. The molecule has 2 heteroatoms. The average Bonchev–Trinajstić information content (AvgIpc) is 2.23. The Morgan fingerprint density at radius 1 is 1.27 bits per heavy atom. The molecule has 0 spiro atoms. The highest BCUT2D eigenvalue weighted by Gasteiger charge is 2.20. The van der Waals surface area contributed by atoms with Gasteiger partial charge in [0.25, 0.3) is 0 Å². The first-order valence-electron chi connectivity index (χ1n) is 5.14. The summed E-state index contributed by atoms with van der Waals surface area (Å²) >= 11 is 0. The molecule has 1 aliphatic carbocycles. The topological polar surface area (TPSA) is 37.3 Å². The minimum Gasteiger partial charge on any atom is -0.478 e. The second kappa shape index (κ2) is 3.54. The maximum atomic E-state index is 11.1. The first-order valence-corrected chi connectivity index (χ1v) is 5.14. The molecular weight excluding hydrogens is 188 g/mol. The van der Waals surface area contributed by atoms with Crippen molar-refractivity contribution in [1.82, 2.24) is 0 Å². The highest BCUT2D eigenvalue weighted by atomic mass is 16.4. The molecule has 1 aromatic rings. The van der Waals surface area contributed by atoms with E-state index in [0.29, 0.717) is 5.57 Å². The van der Waals surface area contributed by atoms with Gasteiger partial charge in [0.15, 0.2) is 0 Å². The highest BCUT2D eigenvalue weighted by Crippen LogP contribution is 2.31. The van der Waals surface area contributed by atoms with Crippen LogP contribution in [0.25, 0.3) is 5.57 Å². The predicted octanol–water partition coefficient (Wildman–Crippen LogP) is 2.72. The van der Waals surface area contributed by atoms with Gasteiger partial charge in [0.2, 0.25) is 0 Å². The van der Waals surface area contributed by atoms with Gasteiger partial charge in [-0.25, -0.2) is 4.79 Å². The van der Waals surface area contributed by atoms with Crippen LogP contribution in [0.5, 0.6) is 0 Å². The number of benzene rings is 1. The van der Waals surface area contributed by atoms with Gasteiger partial charge in [-0.3, -0.25) is 0 Å². The molecule has 0 saturated carbocycles. The van der Waals surface area contributed by atoms with Gasteiger partial charge in [0, 0.05) is 0 Å². The molecule has 0 amide bonds. The third-order valence-corrected chi connectivity index (χ3v) is 3.00. The highest BCUT2D eigenvalue weighted by molar-refractivity contribution is 6.16. The number of carbonyl (C=O) groups is 1. The second-order valence-corrected chi connectivity index (χ2v) is 4.01. The summed E-state index contributed by atoms with van der Waals surface area (Å²) in [6, 6.07) is 4.06. The third kappa shape index (κ3) is 1.56. The molecule has 0 aromatic heterocycles. The third-order valence-electron chi connectivity index (χ3n) is 3.00. The molecule has 1 aliphatic rings. The summed E-state index contributed by atoms with van der Waals surface area (Å²) in [6.45, 7) is 4.02. The van der Waals surface area contributed by atoms with Crippen LogP contribution in [0.2, 0.25) is 0 Å². The van der Waals surface area contributed by atoms with Crippen molar-refractivity contribution in [3.8, 4) is 0 Å². The van der Waals surface area contributed by atoms with Crippen molar-refractivity contribution in [1.29, 1.82) is 0 Å². The summed E-state index contributed by atoms with van der Waals surface area (Å²) in [4.78, 5) is 11.1. The fourth-order valence-corrected chi connectivity index (χ4v) is 2.22. The molecule has 0 saturated heterocycles. The zero-order valence-electron chi connectivity index (χ0n) is 9.00. The molecule has 0 unspecified atom stereocenters. The monoisotopic (exact) mass is 202 g/mol. The maximum absolute atomic E-state index is 11.1. The number of rotatable bonds is 1. The van der Waals surface area contributed by atoms with Crippen molar-refractivity contribution < 1.29 is 9.90 Å². The lowest BCUT2D eigenvalue weighted by Gasteiger charge is -2.19. The number of hydrogen-bond acceptors (Lipinski definition) is 1. The molecule has 0 radical (unpaired) electrons. The summed E-state index contributed by atoms with van der Waals surface area (Å²) in [5.41, 5.74) is 4.87. The quantitative estimate of drug-likeness (QED) is 0.760. The zero-order valence-corrected chi connectivity index (χ0v) is 9.00. The van der Waals surface area contributed by atoms with E-state index < -0.39 is 5.97 Å². The van der Waals surface area contributed by atoms with Crippen LogP contribution in [-0.4, -0.2) is 11.1 Å². The fraction of sp³-hybridized carbons (Fsp3) is 0.308. The van der Waals surface area contributed by atoms with Crippen LogP contribution in [0.15, 0.2) is 18.2 Å². The van der Waals surface area contributed by atoms with Gasteiger partial charge in [-0.05, 0) is 48.9 Å². The fourth-order valence-electron chi connectivity index (χ4n) is 2.22. The minimum atomic E-state index is -0.815. The van der Waals surface area contributed by atoms with Crippen LogP contribution >= 0.6 is 0 Å². The minimum absolute atomic E-state index is 0.470. The Balaban J connectivity index is 2.68. The number of carboxylic acid groups (broad SMARTS) is 1. The first kappa shape index (κ1) is 9.97. The number of fused-ring (bicyclic) bond motifs is 1. The number of allylic oxidation sites excluding steroid dienone is 1. The van der Waals surface area contributed by atoms with Gasteiger partial charge in [0.05, 0.1) is 5.57 Å². The van der Waals surface area contributed by atoms with E-state index in [-0.39, 0.29) is 0 Å². The molecule has 0 aliphatic heterocycles. The van der Waals surface area contributed by atoms with E-state index in [0.717, 1.165) is 24.0 Å². The largest absolute Gasteiger partial charge is 0.478 e. The number of hydrogen-bond donors (Lipinski definition) is 1. The molecule has 78 valence electrons. The van der Waals surface area contributed by atoms with E-state index >= 15 is 0 Å². The Hall–Kier alpha value is -1.57. The molecule has 0 fully saturated rings. The van der Waals surface area contributed by atoms with Crippen molar-refractivity contribution in [3.63, 3.8) is 0 Å². The van der Waals surface area contributed by atoms with Crippen molar-refractivity contribution in [3.05, 3.63) is 40.5 Å². The molecule has 0 heterocycles. The van der Waals surface area contributed by atoms with E-state index in [1.165, 1.54) is 11.1 Å². The Morgan fingerprint density at radius 3 is 2.60 bits per heavy atom. The number of aryl methyl sites for hydroxylation is 2. The van der Waals surface area contributed by atoms with Crippen molar-refractivity contribution in [2.75, 3.05) is 0 Å². The summed E-state index contributed by atoms with van der Waals surface area (Å²) in [5.74, 6) is -0.815. The Labute approximate surface area is 89.2 Å². The van der Waals surface area contributed by atoms with E-state index in [2.05, 4.69) is 6.07 Å². The molecular formula is C13H14O2. The van der Waals surface area contributed by atoms with Gasteiger partial charge in [-0.1, -0.05) is 18.2 Å². The van der Waals surface area contributed by atoms with Gasteiger partial charge in [0.1, 0.15) is 0 Å². The van der Waals surface area contributed by atoms with Gasteiger partial charge >= 0.3 is 5.97 Å². The SMILES string of the molecule is Cc1ccc(C)c2c1CCC=C2C(=O)O. The van der Waals surface area contributed by atoms with Gasteiger partial charge in [-0.15, -0.1) is 0 Å². The molecule has 15 heavy (non-hydrogen) atoms. The zero-order chi connectivity index (χ0) is 11.0. The Morgan fingerprint density at radius 2 is 1.93 bits per heavy atom. The van der Waals surface area contributed by atoms with Gasteiger partial charge < -0.3 is 5.11 Å². The number of carboxylic acids is 1.